The maximum Gasteiger partial charge on any atom is 0.0602 e. The largest absolute Gasteiger partial charge is 0.381 e. The van der Waals surface area contributed by atoms with Gasteiger partial charge in [-0.05, 0) is 37.5 Å². The molecule has 0 aromatic heterocycles. The normalized spacial score (nSPS) is 42.8. The highest BCUT2D eigenvalue weighted by Gasteiger charge is 2.36. The minimum Gasteiger partial charge on any atom is -0.381 e. The Hall–Kier alpha value is 0.440. The van der Waals surface area contributed by atoms with Crippen molar-refractivity contribution in [3.63, 3.8) is 0 Å². The van der Waals surface area contributed by atoms with Gasteiger partial charge in [0.1, 0.15) is 0 Å². The van der Waals surface area contributed by atoms with Gasteiger partial charge in [0.25, 0.3) is 0 Å². The molecule has 0 bridgehead atoms. The number of halogens is 1. The summed E-state index contributed by atoms with van der Waals surface area (Å²) < 4.78 is 5.68. The van der Waals surface area contributed by atoms with Crippen molar-refractivity contribution in [2.75, 3.05) is 7.11 Å². The summed E-state index contributed by atoms with van der Waals surface area (Å²) in [5.74, 6) is 1.71. The minimum absolute atomic E-state index is 0.543. The lowest BCUT2D eigenvalue weighted by Crippen LogP contribution is -2.37. The van der Waals surface area contributed by atoms with Crippen molar-refractivity contribution in [2.24, 2.45) is 11.8 Å². The Morgan fingerprint density at radius 2 is 1.47 bits per heavy atom. The molecule has 2 fully saturated rings. The van der Waals surface area contributed by atoms with Crippen molar-refractivity contribution in [2.45, 2.75) is 62.3 Å². The molecule has 1 nitrogen and oxygen atoms in total. The first-order valence-corrected chi connectivity index (χ1v) is 7.41. The molecule has 2 rings (SSSR count). The highest BCUT2D eigenvalue weighted by molar-refractivity contribution is 9.09. The molecular formula is C13H23BrO. The van der Waals surface area contributed by atoms with Crippen LogP contribution in [0.1, 0.15) is 51.4 Å². The second kappa shape index (κ2) is 5.67. The van der Waals surface area contributed by atoms with Crippen LogP contribution in [0.2, 0.25) is 0 Å². The fourth-order valence-corrected chi connectivity index (χ4v) is 4.48. The summed E-state index contributed by atoms with van der Waals surface area (Å²) in [7, 11) is 1.90. The van der Waals surface area contributed by atoms with Gasteiger partial charge in [-0.3, -0.25) is 0 Å². The Bertz CT molecular complexity index is 195. The fraction of sp³-hybridized carbons (Fsp3) is 1.00. The van der Waals surface area contributed by atoms with E-state index < -0.39 is 0 Å². The molecule has 0 aromatic rings. The molecule has 2 aliphatic rings. The number of hydrogen-bond donors (Lipinski definition) is 0. The molecule has 2 aliphatic carbocycles. The van der Waals surface area contributed by atoms with Crippen LogP contribution in [0, 0.1) is 11.8 Å². The summed E-state index contributed by atoms with van der Waals surface area (Å²) >= 11 is 3.89. The topological polar surface area (TPSA) is 9.23 Å². The molecule has 15 heavy (non-hydrogen) atoms. The van der Waals surface area contributed by atoms with Crippen molar-refractivity contribution in [3.8, 4) is 0 Å². The molecule has 88 valence electrons. The van der Waals surface area contributed by atoms with E-state index >= 15 is 0 Å². The van der Waals surface area contributed by atoms with E-state index in [0.717, 1.165) is 16.7 Å². The Kier molecular flexibility index (Phi) is 4.51. The Morgan fingerprint density at radius 1 is 0.867 bits per heavy atom. The molecule has 0 amide bonds. The van der Waals surface area contributed by atoms with Gasteiger partial charge in [-0.1, -0.05) is 41.6 Å². The number of methoxy groups -OCH3 is 1. The van der Waals surface area contributed by atoms with Gasteiger partial charge in [0.15, 0.2) is 0 Å². The van der Waals surface area contributed by atoms with E-state index in [2.05, 4.69) is 15.9 Å². The second-order valence-electron chi connectivity index (χ2n) is 5.19. The quantitative estimate of drug-likeness (QED) is 0.688. The predicted molar refractivity (Wildman–Crippen MR) is 67.4 cm³/mol. The summed E-state index contributed by atoms with van der Waals surface area (Å²) in [6, 6.07) is 0. The van der Waals surface area contributed by atoms with E-state index in [1.807, 2.05) is 7.11 Å². The highest BCUT2D eigenvalue weighted by Crippen LogP contribution is 2.42. The second-order valence-corrected chi connectivity index (χ2v) is 6.36. The van der Waals surface area contributed by atoms with Crippen LogP contribution < -0.4 is 0 Å². The summed E-state index contributed by atoms with van der Waals surface area (Å²) in [6.07, 6.45) is 11.6. The van der Waals surface area contributed by atoms with Crippen LogP contribution in [0.15, 0.2) is 0 Å². The molecule has 4 unspecified atom stereocenters. The van der Waals surface area contributed by atoms with Gasteiger partial charge in [0.05, 0.1) is 6.10 Å². The average Bonchev–Trinajstić information content (AvgIpc) is 2.30. The third-order valence-corrected chi connectivity index (χ3v) is 5.48. The van der Waals surface area contributed by atoms with E-state index in [1.54, 1.807) is 0 Å². The van der Waals surface area contributed by atoms with Crippen molar-refractivity contribution in [1.82, 2.24) is 0 Å². The monoisotopic (exact) mass is 274 g/mol. The Labute approximate surface area is 102 Å². The summed E-state index contributed by atoms with van der Waals surface area (Å²) in [5.41, 5.74) is 0. The third-order valence-electron chi connectivity index (χ3n) is 4.34. The van der Waals surface area contributed by atoms with Crippen LogP contribution in [0.3, 0.4) is 0 Å². The molecule has 2 heteroatoms. The first-order chi connectivity index (χ1) is 7.33. The third kappa shape index (κ3) is 2.76. The van der Waals surface area contributed by atoms with Gasteiger partial charge < -0.3 is 4.74 Å². The first kappa shape index (κ1) is 11.9. The van der Waals surface area contributed by atoms with Gasteiger partial charge >= 0.3 is 0 Å². The number of ether oxygens (including phenoxy) is 1. The molecule has 4 atom stereocenters. The molecule has 0 radical (unpaired) electrons. The molecule has 0 saturated heterocycles. The molecular weight excluding hydrogens is 252 g/mol. The van der Waals surface area contributed by atoms with Crippen LogP contribution >= 0.6 is 15.9 Å². The zero-order chi connectivity index (χ0) is 10.7. The summed E-state index contributed by atoms with van der Waals surface area (Å²) in [6.45, 7) is 0. The smallest absolute Gasteiger partial charge is 0.0602 e. The zero-order valence-corrected chi connectivity index (χ0v) is 11.3. The maximum absolute atomic E-state index is 5.68. The van der Waals surface area contributed by atoms with Crippen LogP contribution in [0.5, 0.6) is 0 Å². The van der Waals surface area contributed by atoms with Crippen molar-refractivity contribution in [1.29, 1.82) is 0 Å². The molecule has 2 saturated carbocycles. The highest BCUT2D eigenvalue weighted by atomic mass is 79.9. The lowest BCUT2D eigenvalue weighted by molar-refractivity contribution is -0.00701. The molecule has 0 spiro atoms. The maximum atomic E-state index is 5.68. The standard InChI is InChI=1S/C13H23BrO/c1-15-13-9-5-3-7-11(13)10-6-2-4-8-12(10)14/h10-13H,2-9H2,1H3. The van der Waals surface area contributed by atoms with Crippen molar-refractivity contribution in [3.05, 3.63) is 0 Å². The summed E-state index contributed by atoms with van der Waals surface area (Å²) in [5, 5.41) is 0. The Balaban J connectivity index is 1.99. The zero-order valence-electron chi connectivity index (χ0n) is 9.75. The van der Waals surface area contributed by atoms with E-state index in [0.29, 0.717) is 6.10 Å². The molecule has 0 heterocycles. The first-order valence-electron chi connectivity index (χ1n) is 6.50. The number of hydrogen-bond acceptors (Lipinski definition) is 1. The number of alkyl halides is 1. The number of rotatable bonds is 2. The van der Waals surface area contributed by atoms with Gasteiger partial charge in [0, 0.05) is 11.9 Å². The lowest BCUT2D eigenvalue weighted by atomic mass is 9.72. The SMILES string of the molecule is COC1CCCCC1C1CCCCC1Br. The predicted octanol–water partition coefficient (Wildman–Crippen LogP) is 4.15. The van der Waals surface area contributed by atoms with Crippen LogP contribution in [0.25, 0.3) is 0 Å². The van der Waals surface area contributed by atoms with E-state index in [9.17, 15) is 0 Å². The Morgan fingerprint density at radius 3 is 2.13 bits per heavy atom. The lowest BCUT2D eigenvalue weighted by Gasteiger charge is -2.40. The van der Waals surface area contributed by atoms with Crippen LogP contribution in [-0.2, 0) is 4.74 Å². The van der Waals surface area contributed by atoms with Gasteiger partial charge in [-0.15, -0.1) is 0 Å². The van der Waals surface area contributed by atoms with Gasteiger partial charge in [-0.25, -0.2) is 0 Å². The van der Waals surface area contributed by atoms with E-state index in [-0.39, 0.29) is 0 Å². The van der Waals surface area contributed by atoms with Gasteiger partial charge in [0.2, 0.25) is 0 Å². The van der Waals surface area contributed by atoms with Crippen molar-refractivity contribution >= 4 is 15.9 Å². The van der Waals surface area contributed by atoms with Crippen LogP contribution in [-0.4, -0.2) is 18.0 Å². The molecule has 0 aromatic carbocycles. The average molecular weight is 275 g/mol. The summed E-state index contributed by atoms with van der Waals surface area (Å²) in [4.78, 5) is 0.756. The molecule has 0 aliphatic heterocycles. The van der Waals surface area contributed by atoms with E-state index in [1.165, 1.54) is 51.4 Å². The van der Waals surface area contributed by atoms with Crippen molar-refractivity contribution < 1.29 is 4.74 Å². The van der Waals surface area contributed by atoms with E-state index in [4.69, 9.17) is 4.74 Å². The van der Waals surface area contributed by atoms with Gasteiger partial charge in [-0.2, -0.15) is 0 Å². The minimum atomic E-state index is 0.543. The van der Waals surface area contributed by atoms with Crippen LogP contribution in [0.4, 0.5) is 0 Å². The fourth-order valence-electron chi connectivity index (χ4n) is 3.50. The molecule has 0 N–H and O–H groups in total.